The third-order valence-electron chi connectivity index (χ3n) is 5.32. The molecule has 0 spiro atoms. The Morgan fingerprint density at radius 2 is 2.00 bits per heavy atom. The van der Waals surface area contributed by atoms with Crippen molar-refractivity contribution < 1.29 is 0 Å². The Balaban J connectivity index is 1.44. The number of nitrogens with zero attached hydrogens (tertiary/aromatic N) is 4. The molecule has 0 radical (unpaired) electrons. The van der Waals surface area contributed by atoms with Gasteiger partial charge in [-0.25, -0.2) is 0 Å². The van der Waals surface area contributed by atoms with Crippen molar-refractivity contribution in [2.45, 2.75) is 38.9 Å². The van der Waals surface area contributed by atoms with Crippen LogP contribution >= 0.6 is 0 Å². The van der Waals surface area contributed by atoms with E-state index in [2.05, 4.69) is 58.7 Å². The lowest BCUT2D eigenvalue weighted by Crippen LogP contribution is -2.33. The molecule has 0 amide bonds. The second kappa shape index (κ2) is 9.13. The molecule has 28 heavy (non-hydrogen) atoms. The molecule has 2 heterocycles. The molecule has 0 unspecified atom stereocenters. The van der Waals surface area contributed by atoms with Crippen molar-refractivity contribution in [3.63, 3.8) is 0 Å². The van der Waals surface area contributed by atoms with E-state index in [0.29, 0.717) is 0 Å². The van der Waals surface area contributed by atoms with Crippen LogP contribution in [0.4, 0.5) is 0 Å². The highest BCUT2D eigenvalue weighted by Gasteiger charge is 2.27. The first-order valence-corrected chi connectivity index (χ1v) is 10.3. The fraction of sp³-hybridized carbons (Fsp3) is 0.391. The maximum atomic E-state index is 4.87. The van der Waals surface area contributed by atoms with Crippen molar-refractivity contribution in [1.82, 2.24) is 25.0 Å². The molecule has 1 fully saturated rings. The van der Waals surface area contributed by atoms with E-state index in [4.69, 9.17) is 5.10 Å². The van der Waals surface area contributed by atoms with Crippen LogP contribution in [0.1, 0.15) is 30.9 Å². The Bertz CT molecular complexity index is 855. The van der Waals surface area contributed by atoms with Gasteiger partial charge in [0.15, 0.2) is 0 Å². The first kappa shape index (κ1) is 18.8. The van der Waals surface area contributed by atoms with Crippen LogP contribution in [0, 0.1) is 0 Å². The van der Waals surface area contributed by atoms with Crippen LogP contribution in [0.2, 0.25) is 0 Å². The van der Waals surface area contributed by atoms with Crippen LogP contribution in [0.25, 0.3) is 11.3 Å². The van der Waals surface area contributed by atoms with Crippen LogP contribution in [0.3, 0.4) is 0 Å². The maximum Gasteiger partial charge on any atom is 0.0983 e. The first-order chi connectivity index (χ1) is 13.8. The number of likely N-dealkylation sites (N-methyl/N-ethyl adjacent to an activating group) is 1. The molecule has 1 saturated carbocycles. The Labute approximate surface area is 167 Å². The highest BCUT2D eigenvalue weighted by atomic mass is 15.3. The number of aromatic nitrogens is 3. The molecule has 0 atom stereocenters. The molecule has 1 aromatic carbocycles. The molecule has 146 valence electrons. The second-order valence-electron chi connectivity index (χ2n) is 7.46. The van der Waals surface area contributed by atoms with E-state index in [-0.39, 0.29) is 0 Å². The molecular weight excluding hydrogens is 346 g/mol. The normalized spacial score (nSPS) is 13.9. The number of nitrogens with one attached hydrogen (secondary N) is 1. The lowest BCUT2D eigenvalue weighted by molar-refractivity contribution is 0.277. The Morgan fingerprint density at radius 1 is 1.14 bits per heavy atom. The Hall–Kier alpha value is -2.50. The van der Waals surface area contributed by atoms with Crippen molar-refractivity contribution >= 4 is 0 Å². The number of pyridine rings is 1. The molecule has 5 nitrogen and oxygen atoms in total. The van der Waals surface area contributed by atoms with Crippen molar-refractivity contribution in [1.29, 1.82) is 0 Å². The first-order valence-electron chi connectivity index (χ1n) is 10.3. The van der Waals surface area contributed by atoms with Crippen molar-refractivity contribution in [2.75, 3.05) is 19.6 Å². The summed E-state index contributed by atoms with van der Waals surface area (Å²) in [6.45, 7) is 7.11. The molecule has 4 rings (SSSR count). The van der Waals surface area contributed by atoms with Gasteiger partial charge in [-0.15, -0.1) is 0 Å². The Kier molecular flexibility index (Phi) is 6.14. The van der Waals surface area contributed by atoms with Crippen LogP contribution < -0.4 is 5.32 Å². The highest BCUT2D eigenvalue weighted by Crippen LogP contribution is 2.26. The van der Waals surface area contributed by atoms with Gasteiger partial charge in [-0.3, -0.25) is 14.6 Å². The number of rotatable bonds is 10. The van der Waals surface area contributed by atoms with Gasteiger partial charge >= 0.3 is 0 Å². The van der Waals surface area contributed by atoms with Crippen molar-refractivity contribution in [3.8, 4) is 11.3 Å². The molecular formula is C23H29N5. The summed E-state index contributed by atoms with van der Waals surface area (Å²) in [6.07, 6.45) is 8.60. The molecule has 0 bridgehead atoms. The van der Waals surface area contributed by atoms with Crippen LogP contribution in [-0.4, -0.2) is 45.3 Å². The van der Waals surface area contributed by atoms with Crippen LogP contribution in [0.5, 0.6) is 0 Å². The summed E-state index contributed by atoms with van der Waals surface area (Å²) < 4.78 is 2.04. The maximum absolute atomic E-state index is 4.87. The van der Waals surface area contributed by atoms with Gasteiger partial charge in [-0.1, -0.05) is 37.3 Å². The molecule has 5 heteroatoms. The van der Waals surface area contributed by atoms with E-state index < -0.39 is 0 Å². The minimum absolute atomic E-state index is 0.777. The topological polar surface area (TPSA) is 46.0 Å². The molecule has 0 saturated heterocycles. The summed E-state index contributed by atoms with van der Waals surface area (Å²) in [5.74, 6) is 0. The standard InChI is InChI=1S/C23H29N5/c1-2-27(22-10-11-22)14-13-25-16-21-18-28(17-19-7-4-3-5-8-19)26-23(21)20-9-6-12-24-15-20/h3-9,12,15,18,22,25H,2,10-11,13-14,16-17H2,1H3. The van der Waals surface area contributed by atoms with E-state index in [1.165, 1.54) is 24.0 Å². The summed E-state index contributed by atoms with van der Waals surface area (Å²) in [6, 6.07) is 15.3. The Morgan fingerprint density at radius 3 is 2.71 bits per heavy atom. The van der Waals surface area contributed by atoms with Gasteiger partial charge < -0.3 is 5.32 Å². The molecule has 1 aliphatic carbocycles. The van der Waals surface area contributed by atoms with Gasteiger partial charge in [0.05, 0.1) is 12.2 Å². The number of benzene rings is 1. The fourth-order valence-corrected chi connectivity index (χ4v) is 3.67. The summed E-state index contributed by atoms with van der Waals surface area (Å²) in [7, 11) is 0. The average Bonchev–Trinajstić information content (AvgIpc) is 3.50. The van der Waals surface area contributed by atoms with E-state index >= 15 is 0 Å². The van der Waals surface area contributed by atoms with Gasteiger partial charge in [0.1, 0.15) is 0 Å². The largest absolute Gasteiger partial charge is 0.311 e. The minimum atomic E-state index is 0.777. The lowest BCUT2D eigenvalue weighted by atomic mass is 10.1. The summed E-state index contributed by atoms with van der Waals surface area (Å²) in [5.41, 5.74) is 4.56. The molecule has 3 aromatic rings. The zero-order valence-corrected chi connectivity index (χ0v) is 16.6. The molecule has 2 aromatic heterocycles. The highest BCUT2D eigenvalue weighted by molar-refractivity contribution is 5.61. The van der Waals surface area contributed by atoms with Crippen molar-refractivity contribution in [3.05, 3.63) is 72.2 Å². The van der Waals surface area contributed by atoms with E-state index in [1.807, 2.05) is 23.0 Å². The minimum Gasteiger partial charge on any atom is -0.311 e. The average molecular weight is 376 g/mol. The summed E-state index contributed by atoms with van der Waals surface area (Å²) in [4.78, 5) is 6.85. The third kappa shape index (κ3) is 4.86. The SMILES string of the molecule is CCN(CCNCc1cn(Cc2ccccc2)nc1-c1cccnc1)C1CC1. The van der Waals surface area contributed by atoms with Gasteiger partial charge in [0.25, 0.3) is 0 Å². The van der Waals surface area contributed by atoms with Gasteiger partial charge in [-0.05, 0) is 37.1 Å². The third-order valence-corrected chi connectivity index (χ3v) is 5.32. The number of hydrogen-bond donors (Lipinski definition) is 1. The predicted molar refractivity (Wildman–Crippen MR) is 113 cm³/mol. The molecule has 0 aliphatic heterocycles. The fourth-order valence-electron chi connectivity index (χ4n) is 3.67. The zero-order valence-electron chi connectivity index (χ0n) is 16.6. The lowest BCUT2D eigenvalue weighted by Gasteiger charge is -2.19. The summed E-state index contributed by atoms with van der Waals surface area (Å²) in [5, 5.41) is 8.49. The monoisotopic (exact) mass is 375 g/mol. The molecule has 1 N–H and O–H groups in total. The summed E-state index contributed by atoms with van der Waals surface area (Å²) >= 11 is 0. The van der Waals surface area contributed by atoms with Gasteiger partial charge in [0.2, 0.25) is 0 Å². The van der Waals surface area contributed by atoms with Crippen LogP contribution in [-0.2, 0) is 13.1 Å². The van der Waals surface area contributed by atoms with E-state index in [1.54, 1.807) is 6.20 Å². The quantitative estimate of drug-likeness (QED) is 0.550. The van der Waals surface area contributed by atoms with E-state index in [9.17, 15) is 0 Å². The number of hydrogen-bond acceptors (Lipinski definition) is 4. The predicted octanol–water partition coefficient (Wildman–Crippen LogP) is 3.57. The van der Waals surface area contributed by atoms with Gasteiger partial charge in [0, 0.05) is 55.4 Å². The van der Waals surface area contributed by atoms with E-state index in [0.717, 1.165) is 50.0 Å². The zero-order chi connectivity index (χ0) is 19.2. The second-order valence-corrected chi connectivity index (χ2v) is 7.46. The molecule has 1 aliphatic rings. The van der Waals surface area contributed by atoms with Crippen molar-refractivity contribution in [2.24, 2.45) is 0 Å². The van der Waals surface area contributed by atoms with Crippen LogP contribution in [0.15, 0.2) is 61.1 Å². The smallest absolute Gasteiger partial charge is 0.0983 e. The van der Waals surface area contributed by atoms with Gasteiger partial charge in [-0.2, -0.15) is 5.10 Å².